The third-order valence-corrected chi connectivity index (χ3v) is 1.32. The number of aliphatic imine (C=N–C) groups is 1. The van der Waals surface area contributed by atoms with Crippen molar-refractivity contribution in [2.45, 2.75) is 0 Å². The maximum atomic E-state index is 10.00. The van der Waals surface area contributed by atoms with Gasteiger partial charge in [0.1, 0.15) is 0 Å². The molecule has 3 heteroatoms. The van der Waals surface area contributed by atoms with Gasteiger partial charge in [0.25, 0.3) is 0 Å². The summed E-state index contributed by atoms with van der Waals surface area (Å²) < 4.78 is 0. The van der Waals surface area contributed by atoms with Crippen LogP contribution in [0.5, 0.6) is 0 Å². The van der Waals surface area contributed by atoms with E-state index >= 15 is 0 Å². The average molecular weight is 168 g/mol. The Kier molecular flexibility index (Phi) is 3.03. The normalized spacial score (nSPS) is 7.31. The number of para-hydroxylation sites is 1. The summed E-state index contributed by atoms with van der Waals surface area (Å²) in [5.41, 5.74) is 0.979. The van der Waals surface area contributed by atoms with Crippen LogP contribution in [-0.2, 0) is 4.79 Å². The Bertz CT molecular complexity index is 454. The van der Waals surface area contributed by atoms with Gasteiger partial charge < -0.3 is 0 Å². The predicted octanol–water partition coefficient (Wildman–Crippen LogP) is 1.53. The maximum absolute atomic E-state index is 10.00. The van der Waals surface area contributed by atoms with Crippen LogP contribution in [0.4, 0.5) is 5.69 Å². The van der Waals surface area contributed by atoms with Crippen molar-refractivity contribution in [2.24, 2.45) is 4.99 Å². The minimum absolute atomic E-state index is 0.431. The molecule has 0 spiro atoms. The van der Waals surface area contributed by atoms with E-state index in [4.69, 9.17) is 5.26 Å². The van der Waals surface area contributed by atoms with Crippen molar-refractivity contribution in [3.05, 3.63) is 29.8 Å². The van der Waals surface area contributed by atoms with Crippen molar-refractivity contribution in [1.82, 2.24) is 0 Å². The molecule has 13 heavy (non-hydrogen) atoms. The van der Waals surface area contributed by atoms with Crippen molar-refractivity contribution in [2.75, 3.05) is 0 Å². The summed E-state index contributed by atoms with van der Waals surface area (Å²) in [7, 11) is 0. The van der Waals surface area contributed by atoms with E-state index in [9.17, 15) is 4.79 Å². The second-order valence-corrected chi connectivity index (χ2v) is 2.08. The van der Waals surface area contributed by atoms with E-state index in [1.54, 1.807) is 30.3 Å². The molecule has 0 bridgehead atoms. The molecular formula is C10H4N2O. The van der Waals surface area contributed by atoms with Crippen molar-refractivity contribution in [3.63, 3.8) is 0 Å². The first-order valence-corrected chi connectivity index (χ1v) is 3.45. The number of benzene rings is 1. The number of carbonyl (C=O) groups excluding carboxylic acids is 1. The van der Waals surface area contributed by atoms with Crippen LogP contribution in [0.25, 0.3) is 0 Å². The van der Waals surface area contributed by atoms with Crippen molar-refractivity contribution in [3.8, 4) is 17.9 Å². The summed E-state index contributed by atoms with van der Waals surface area (Å²) in [6.07, 6.45) is 1.43. The highest BCUT2D eigenvalue weighted by atomic mass is 16.1. The summed E-state index contributed by atoms with van der Waals surface area (Å²) >= 11 is 0. The lowest BCUT2D eigenvalue weighted by atomic mass is 10.2. The monoisotopic (exact) mass is 168 g/mol. The minimum atomic E-state index is 0.431. The molecule has 0 aromatic heterocycles. The number of hydrogen-bond donors (Lipinski definition) is 0. The minimum Gasteiger partial charge on any atom is -0.211 e. The van der Waals surface area contributed by atoms with Gasteiger partial charge >= 0.3 is 0 Å². The van der Waals surface area contributed by atoms with E-state index in [1.807, 2.05) is 0 Å². The van der Waals surface area contributed by atoms with Crippen molar-refractivity contribution >= 4 is 11.8 Å². The van der Waals surface area contributed by atoms with Gasteiger partial charge in [0, 0.05) is 5.92 Å². The summed E-state index contributed by atoms with van der Waals surface area (Å²) in [5.74, 6) is 4.79. The van der Waals surface area contributed by atoms with Gasteiger partial charge in [-0.3, -0.25) is 0 Å². The van der Waals surface area contributed by atoms with Crippen LogP contribution in [-0.4, -0.2) is 6.08 Å². The molecule has 0 atom stereocenters. The van der Waals surface area contributed by atoms with Crippen LogP contribution in [0.15, 0.2) is 29.3 Å². The molecule has 3 nitrogen and oxygen atoms in total. The van der Waals surface area contributed by atoms with Crippen molar-refractivity contribution < 1.29 is 4.79 Å². The summed E-state index contributed by atoms with van der Waals surface area (Å²) in [6.45, 7) is 0. The smallest absolute Gasteiger partial charge is 0.211 e. The Balaban J connectivity index is 3.21. The van der Waals surface area contributed by atoms with Crippen LogP contribution in [0.2, 0.25) is 0 Å². The summed E-state index contributed by atoms with van der Waals surface area (Å²) in [4.78, 5) is 13.4. The molecule has 1 rings (SSSR count). The van der Waals surface area contributed by atoms with Gasteiger partial charge in [-0.2, -0.15) is 10.3 Å². The molecule has 0 heterocycles. The third kappa shape index (κ3) is 2.31. The zero-order valence-electron chi connectivity index (χ0n) is 6.61. The molecule has 0 aliphatic rings. The first kappa shape index (κ1) is 8.74. The molecule has 1 aromatic rings. The Morgan fingerprint density at radius 2 is 2.08 bits per heavy atom. The molecule has 0 fully saturated rings. The van der Waals surface area contributed by atoms with Gasteiger partial charge in [-0.15, -0.1) is 0 Å². The quantitative estimate of drug-likeness (QED) is 0.362. The lowest BCUT2D eigenvalue weighted by Gasteiger charge is -1.92. The van der Waals surface area contributed by atoms with Gasteiger partial charge in [0.15, 0.2) is 6.07 Å². The molecule has 0 N–H and O–H groups in total. The lowest BCUT2D eigenvalue weighted by Crippen LogP contribution is -1.74. The SMILES string of the molecule is N#CC#Cc1ccccc1N=C=O. The van der Waals surface area contributed by atoms with Crippen LogP contribution in [0.1, 0.15) is 5.56 Å². The fraction of sp³-hybridized carbons (Fsp3) is 0. The van der Waals surface area contributed by atoms with Crippen LogP contribution in [0.3, 0.4) is 0 Å². The molecule has 0 radical (unpaired) electrons. The number of isocyanates is 1. The molecule has 60 valence electrons. The Morgan fingerprint density at radius 3 is 2.77 bits per heavy atom. The fourth-order valence-corrected chi connectivity index (χ4v) is 0.821. The van der Waals surface area contributed by atoms with Gasteiger partial charge in [-0.05, 0) is 18.1 Å². The van der Waals surface area contributed by atoms with E-state index in [-0.39, 0.29) is 0 Å². The van der Waals surface area contributed by atoms with Crippen LogP contribution < -0.4 is 0 Å². The first-order valence-electron chi connectivity index (χ1n) is 3.45. The third-order valence-electron chi connectivity index (χ3n) is 1.32. The summed E-state index contributed by atoms with van der Waals surface area (Å²) in [5, 5.41) is 8.22. The largest absolute Gasteiger partial charge is 0.240 e. The van der Waals surface area contributed by atoms with Gasteiger partial charge in [-0.25, -0.2) is 4.79 Å². The van der Waals surface area contributed by atoms with Crippen LogP contribution in [0, 0.1) is 23.2 Å². The summed E-state index contributed by atoms with van der Waals surface area (Å²) in [6, 6.07) is 8.48. The second kappa shape index (κ2) is 4.51. The van der Waals surface area contributed by atoms with E-state index in [1.165, 1.54) is 6.08 Å². The average Bonchev–Trinajstić information content (AvgIpc) is 2.17. The zero-order valence-corrected chi connectivity index (χ0v) is 6.61. The second-order valence-electron chi connectivity index (χ2n) is 2.08. The maximum Gasteiger partial charge on any atom is 0.240 e. The van der Waals surface area contributed by atoms with Crippen LogP contribution >= 0.6 is 0 Å². The molecule has 0 saturated carbocycles. The standard InChI is InChI=1S/C10H4N2O/c11-7-3-5-9-4-1-2-6-10(9)12-8-13/h1-2,4,6H. The highest BCUT2D eigenvalue weighted by molar-refractivity contribution is 5.60. The van der Waals surface area contributed by atoms with Crippen molar-refractivity contribution in [1.29, 1.82) is 5.26 Å². The number of hydrogen-bond acceptors (Lipinski definition) is 3. The van der Waals surface area contributed by atoms with E-state index in [0.29, 0.717) is 11.3 Å². The number of nitriles is 1. The number of nitrogens with zero attached hydrogens (tertiary/aromatic N) is 2. The van der Waals surface area contributed by atoms with Gasteiger partial charge in [0.05, 0.1) is 11.3 Å². The molecule has 1 aromatic carbocycles. The van der Waals surface area contributed by atoms with E-state index < -0.39 is 0 Å². The Morgan fingerprint density at radius 1 is 1.31 bits per heavy atom. The van der Waals surface area contributed by atoms with E-state index in [2.05, 4.69) is 16.8 Å². The highest BCUT2D eigenvalue weighted by Crippen LogP contribution is 2.15. The first-order chi connectivity index (χ1) is 6.38. The molecule has 0 aliphatic carbocycles. The topological polar surface area (TPSA) is 53.2 Å². The predicted molar refractivity (Wildman–Crippen MR) is 46.7 cm³/mol. The van der Waals surface area contributed by atoms with Gasteiger partial charge in [0.2, 0.25) is 6.08 Å². The Labute approximate surface area is 75.3 Å². The zero-order chi connectivity index (χ0) is 9.52. The fourth-order valence-electron chi connectivity index (χ4n) is 0.821. The number of rotatable bonds is 1. The lowest BCUT2D eigenvalue weighted by molar-refractivity contribution is 0.565. The molecular weight excluding hydrogens is 164 g/mol. The Hall–Kier alpha value is -2.35. The highest BCUT2D eigenvalue weighted by Gasteiger charge is 1.94. The van der Waals surface area contributed by atoms with E-state index in [0.717, 1.165) is 0 Å². The molecule has 0 saturated heterocycles. The molecule has 0 aliphatic heterocycles. The molecule has 0 unspecified atom stereocenters. The van der Waals surface area contributed by atoms with Gasteiger partial charge in [-0.1, -0.05) is 12.1 Å². The molecule has 0 amide bonds.